The highest BCUT2D eigenvalue weighted by atomic mass is 19.1. The number of methoxy groups -OCH3 is 1. The number of benzene rings is 1. The van der Waals surface area contributed by atoms with Crippen LogP contribution >= 0.6 is 0 Å². The lowest BCUT2D eigenvalue weighted by molar-refractivity contribution is 0.101. The lowest BCUT2D eigenvalue weighted by Gasteiger charge is -2.11. The maximum absolute atomic E-state index is 13.8. The molecular formula is C14H14FN3O2. The number of ether oxygens (including phenoxy) is 1. The average molecular weight is 275 g/mol. The van der Waals surface area contributed by atoms with Gasteiger partial charge in [-0.25, -0.2) is 9.37 Å². The first kappa shape index (κ1) is 13.8. The van der Waals surface area contributed by atoms with Crippen molar-refractivity contribution in [1.29, 1.82) is 0 Å². The zero-order chi connectivity index (χ0) is 14.7. The van der Waals surface area contributed by atoms with E-state index in [-0.39, 0.29) is 11.3 Å². The van der Waals surface area contributed by atoms with E-state index in [1.54, 1.807) is 13.0 Å². The van der Waals surface area contributed by atoms with Gasteiger partial charge in [-0.05, 0) is 30.7 Å². The zero-order valence-electron chi connectivity index (χ0n) is 11.1. The number of aryl methyl sites for hydroxylation is 1. The molecule has 1 aromatic heterocycles. The number of carbonyl (C=O) groups is 1. The number of aromatic nitrogens is 1. The molecule has 0 aliphatic heterocycles. The van der Waals surface area contributed by atoms with Gasteiger partial charge in [-0.2, -0.15) is 0 Å². The Morgan fingerprint density at radius 3 is 2.85 bits per heavy atom. The number of hydrogen-bond acceptors (Lipinski definition) is 4. The molecule has 1 amide bonds. The fraction of sp³-hybridized carbons (Fsp3) is 0.143. The number of carbonyl (C=O) groups excluding carboxylic acids is 1. The first-order valence-corrected chi connectivity index (χ1v) is 5.89. The first-order chi connectivity index (χ1) is 9.52. The second-order valence-electron chi connectivity index (χ2n) is 4.21. The third-order valence-corrected chi connectivity index (χ3v) is 2.75. The maximum Gasteiger partial charge on any atom is 0.263 e. The van der Waals surface area contributed by atoms with Crippen molar-refractivity contribution in [2.75, 3.05) is 18.2 Å². The van der Waals surface area contributed by atoms with Gasteiger partial charge in [0.25, 0.3) is 5.91 Å². The second kappa shape index (κ2) is 5.56. The lowest BCUT2D eigenvalue weighted by Crippen LogP contribution is -2.16. The Hall–Kier alpha value is -2.63. The number of amides is 1. The minimum Gasteiger partial charge on any atom is -0.496 e. The average Bonchev–Trinajstić information content (AvgIpc) is 2.41. The first-order valence-electron chi connectivity index (χ1n) is 5.89. The predicted octanol–water partition coefficient (Wildman–Crippen LogP) is 2.37. The van der Waals surface area contributed by atoms with Crippen LogP contribution in [-0.2, 0) is 0 Å². The number of pyridine rings is 1. The van der Waals surface area contributed by atoms with Crippen LogP contribution in [0.1, 0.15) is 15.9 Å². The Kier molecular flexibility index (Phi) is 3.84. The summed E-state index contributed by atoms with van der Waals surface area (Å²) < 4.78 is 18.8. The minimum absolute atomic E-state index is 0.159. The molecule has 1 aromatic carbocycles. The predicted molar refractivity (Wildman–Crippen MR) is 74.3 cm³/mol. The summed E-state index contributed by atoms with van der Waals surface area (Å²) in [6.07, 6.45) is 1.42. The molecule has 2 aromatic rings. The van der Waals surface area contributed by atoms with E-state index < -0.39 is 11.7 Å². The van der Waals surface area contributed by atoms with Crippen molar-refractivity contribution in [3.63, 3.8) is 0 Å². The van der Waals surface area contributed by atoms with E-state index in [1.807, 2.05) is 0 Å². The summed E-state index contributed by atoms with van der Waals surface area (Å²) in [5, 5.41) is 2.54. The number of nitrogens with zero attached hydrogens (tertiary/aromatic N) is 1. The quantitative estimate of drug-likeness (QED) is 0.901. The molecule has 104 valence electrons. The zero-order valence-corrected chi connectivity index (χ0v) is 11.1. The van der Waals surface area contributed by atoms with Crippen molar-refractivity contribution in [3.8, 4) is 5.75 Å². The Morgan fingerprint density at radius 2 is 2.20 bits per heavy atom. The molecule has 0 fully saturated rings. The molecule has 0 spiro atoms. The van der Waals surface area contributed by atoms with Gasteiger partial charge < -0.3 is 15.8 Å². The standard InChI is InChI=1S/C14H14FN3O2/c1-8-6-9(16)7-17-13(8)18-14(19)12-10(15)4-3-5-11(12)20-2/h3-7H,16H2,1-2H3,(H,17,18,19). The van der Waals surface area contributed by atoms with Crippen LogP contribution in [-0.4, -0.2) is 18.0 Å². The smallest absolute Gasteiger partial charge is 0.263 e. The molecule has 0 saturated carbocycles. The molecule has 5 nitrogen and oxygen atoms in total. The summed E-state index contributed by atoms with van der Waals surface area (Å²) in [6.45, 7) is 1.75. The van der Waals surface area contributed by atoms with E-state index >= 15 is 0 Å². The molecular weight excluding hydrogens is 261 g/mol. The molecule has 3 N–H and O–H groups in total. The van der Waals surface area contributed by atoms with Crippen LogP contribution in [0.4, 0.5) is 15.9 Å². The number of anilines is 2. The number of nitrogens with one attached hydrogen (secondary N) is 1. The van der Waals surface area contributed by atoms with Gasteiger partial charge in [-0.3, -0.25) is 4.79 Å². The molecule has 0 saturated heterocycles. The van der Waals surface area contributed by atoms with Gasteiger partial charge in [0.1, 0.15) is 22.9 Å². The van der Waals surface area contributed by atoms with Gasteiger partial charge in [0.15, 0.2) is 0 Å². The monoisotopic (exact) mass is 275 g/mol. The summed E-state index contributed by atoms with van der Waals surface area (Å²) >= 11 is 0. The van der Waals surface area contributed by atoms with Crippen LogP contribution < -0.4 is 15.8 Å². The van der Waals surface area contributed by atoms with E-state index in [1.165, 1.54) is 31.5 Å². The van der Waals surface area contributed by atoms with Crippen LogP contribution in [0.25, 0.3) is 0 Å². The Balaban J connectivity index is 2.33. The van der Waals surface area contributed by atoms with Crippen LogP contribution in [0.5, 0.6) is 5.75 Å². The largest absolute Gasteiger partial charge is 0.496 e. The van der Waals surface area contributed by atoms with Gasteiger partial charge >= 0.3 is 0 Å². The van der Waals surface area contributed by atoms with Gasteiger partial charge in [0.05, 0.1) is 19.0 Å². The Labute approximate surface area is 115 Å². The number of hydrogen-bond donors (Lipinski definition) is 2. The van der Waals surface area contributed by atoms with Crippen LogP contribution in [0.2, 0.25) is 0 Å². The molecule has 0 aliphatic carbocycles. The van der Waals surface area contributed by atoms with Gasteiger partial charge in [-0.1, -0.05) is 6.07 Å². The minimum atomic E-state index is -0.657. The molecule has 1 heterocycles. The lowest BCUT2D eigenvalue weighted by atomic mass is 10.1. The van der Waals surface area contributed by atoms with Crippen molar-refractivity contribution in [1.82, 2.24) is 4.98 Å². The number of nitrogen functional groups attached to an aromatic ring is 1. The Morgan fingerprint density at radius 1 is 1.45 bits per heavy atom. The SMILES string of the molecule is COc1cccc(F)c1C(=O)Nc1ncc(N)cc1C. The van der Waals surface area contributed by atoms with E-state index in [0.717, 1.165) is 0 Å². The van der Waals surface area contributed by atoms with Crippen LogP contribution in [0.15, 0.2) is 30.5 Å². The van der Waals surface area contributed by atoms with Crippen molar-refractivity contribution in [3.05, 3.63) is 47.4 Å². The highest BCUT2D eigenvalue weighted by Crippen LogP contribution is 2.23. The summed E-state index contributed by atoms with van der Waals surface area (Å²) in [7, 11) is 1.37. The van der Waals surface area contributed by atoms with Crippen molar-refractivity contribution in [2.24, 2.45) is 0 Å². The molecule has 0 bridgehead atoms. The third-order valence-electron chi connectivity index (χ3n) is 2.75. The summed E-state index contributed by atoms with van der Waals surface area (Å²) in [4.78, 5) is 16.2. The highest BCUT2D eigenvalue weighted by molar-refractivity contribution is 6.06. The fourth-order valence-corrected chi connectivity index (χ4v) is 1.79. The van der Waals surface area contributed by atoms with E-state index in [0.29, 0.717) is 17.1 Å². The summed E-state index contributed by atoms with van der Waals surface area (Å²) in [5.41, 5.74) is 6.60. The van der Waals surface area contributed by atoms with E-state index in [4.69, 9.17) is 10.5 Å². The van der Waals surface area contributed by atoms with E-state index in [9.17, 15) is 9.18 Å². The van der Waals surface area contributed by atoms with Crippen molar-refractivity contribution >= 4 is 17.4 Å². The van der Waals surface area contributed by atoms with Crippen molar-refractivity contribution in [2.45, 2.75) is 6.92 Å². The van der Waals surface area contributed by atoms with E-state index in [2.05, 4.69) is 10.3 Å². The fourth-order valence-electron chi connectivity index (χ4n) is 1.79. The number of halogens is 1. The summed E-state index contributed by atoms with van der Waals surface area (Å²) in [6, 6.07) is 5.85. The topological polar surface area (TPSA) is 77.2 Å². The number of nitrogens with two attached hydrogens (primary N) is 1. The van der Waals surface area contributed by atoms with Crippen LogP contribution in [0.3, 0.4) is 0 Å². The second-order valence-corrected chi connectivity index (χ2v) is 4.21. The molecule has 20 heavy (non-hydrogen) atoms. The summed E-state index contributed by atoms with van der Waals surface area (Å²) in [5.74, 6) is -0.791. The maximum atomic E-state index is 13.8. The van der Waals surface area contributed by atoms with Gasteiger partial charge in [-0.15, -0.1) is 0 Å². The highest BCUT2D eigenvalue weighted by Gasteiger charge is 2.18. The normalized spacial score (nSPS) is 10.2. The number of rotatable bonds is 3. The van der Waals surface area contributed by atoms with Gasteiger partial charge in [0, 0.05) is 0 Å². The molecule has 2 rings (SSSR count). The molecule has 0 radical (unpaired) electrons. The van der Waals surface area contributed by atoms with Gasteiger partial charge in [0.2, 0.25) is 0 Å². The molecule has 0 aliphatic rings. The van der Waals surface area contributed by atoms with Crippen molar-refractivity contribution < 1.29 is 13.9 Å². The Bertz CT molecular complexity index is 659. The van der Waals surface area contributed by atoms with Crippen LogP contribution in [0, 0.1) is 12.7 Å². The molecule has 0 atom stereocenters. The third kappa shape index (κ3) is 2.69. The molecule has 6 heteroatoms. The molecule has 0 unspecified atom stereocenters.